The molecule has 0 spiro atoms. The fourth-order valence-electron chi connectivity index (χ4n) is 2.71. The van der Waals surface area contributed by atoms with E-state index in [2.05, 4.69) is 10.6 Å². The van der Waals surface area contributed by atoms with Crippen molar-refractivity contribution in [2.75, 3.05) is 17.4 Å². The molecule has 0 bridgehead atoms. The number of hydrogen-bond donors (Lipinski definition) is 2. The van der Waals surface area contributed by atoms with Crippen molar-refractivity contribution in [3.05, 3.63) is 69.9 Å². The van der Waals surface area contributed by atoms with Gasteiger partial charge in [-0.05, 0) is 60.3 Å². The SMILES string of the molecule is Cc1ccsc1C(=O)Nc1cccc(NC(=O)c2ccc3c(c2)OCO3)c1. The van der Waals surface area contributed by atoms with Gasteiger partial charge in [0.1, 0.15) is 0 Å². The van der Waals surface area contributed by atoms with Crippen molar-refractivity contribution in [2.24, 2.45) is 0 Å². The first kappa shape index (κ1) is 17.1. The Kier molecular flexibility index (Phi) is 4.52. The van der Waals surface area contributed by atoms with Crippen LogP contribution in [0.1, 0.15) is 25.6 Å². The number of carbonyl (C=O) groups is 2. The number of fused-ring (bicyclic) bond motifs is 1. The van der Waals surface area contributed by atoms with Crippen LogP contribution in [-0.2, 0) is 0 Å². The molecule has 2 heterocycles. The zero-order valence-corrected chi connectivity index (χ0v) is 15.3. The van der Waals surface area contributed by atoms with E-state index in [4.69, 9.17) is 9.47 Å². The number of thiophene rings is 1. The summed E-state index contributed by atoms with van der Waals surface area (Å²) in [5.41, 5.74) is 2.59. The van der Waals surface area contributed by atoms with Crippen LogP contribution in [0, 0.1) is 6.92 Å². The summed E-state index contributed by atoms with van der Waals surface area (Å²) >= 11 is 1.39. The fourth-order valence-corrected chi connectivity index (χ4v) is 3.53. The highest BCUT2D eigenvalue weighted by Crippen LogP contribution is 2.32. The van der Waals surface area contributed by atoms with E-state index in [-0.39, 0.29) is 18.6 Å². The molecule has 0 atom stereocenters. The minimum atomic E-state index is -0.272. The predicted molar refractivity (Wildman–Crippen MR) is 104 cm³/mol. The van der Waals surface area contributed by atoms with E-state index in [0.29, 0.717) is 33.3 Å². The first-order chi connectivity index (χ1) is 13.1. The lowest BCUT2D eigenvalue weighted by molar-refractivity contribution is 0.102. The van der Waals surface area contributed by atoms with Gasteiger partial charge in [0.2, 0.25) is 6.79 Å². The summed E-state index contributed by atoms with van der Waals surface area (Å²) in [5.74, 6) is 0.739. The lowest BCUT2D eigenvalue weighted by Gasteiger charge is -2.09. The van der Waals surface area contributed by atoms with Gasteiger partial charge in [-0.3, -0.25) is 9.59 Å². The average molecular weight is 380 g/mol. The highest BCUT2D eigenvalue weighted by atomic mass is 32.1. The van der Waals surface area contributed by atoms with Crippen molar-refractivity contribution in [3.63, 3.8) is 0 Å². The molecular weight excluding hydrogens is 364 g/mol. The van der Waals surface area contributed by atoms with Gasteiger partial charge in [0.15, 0.2) is 11.5 Å². The molecule has 1 aliphatic heterocycles. The van der Waals surface area contributed by atoms with Crippen LogP contribution in [0.5, 0.6) is 11.5 Å². The van der Waals surface area contributed by atoms with E-state index in [1.54, 1.807) is 42.5 Å². The molecule has 27 heavy (non-hydrogen) atoms. The van der Waals surface area contributed by atoms with Crippen LogP contribution in [0.25, 0.3) is 0 Å². The lowest BCUT2D eigenvalue weighted by Crippen LogP contribution is -2.13. The van der Waals surface area contributed by atoms with Crippen LogP contribution < -0.4 is 20.1 Å². The maximum Gasteiger partial charge on any atom is 0.265 e. The molecule has 0 saturated heterocycles. The summed E-state index contributed by atoms with van der Waals surface area (Å²) in [4.78, 5) is 25.5. The third-order valence-corrected chi connectivity index (χ3v) is 5.10. The molecule has 2 aromatic carbocycles. The number of ether oxygens (including phenoxy) is 2. The Morgan fingerprint density at radius 1 is 0.926 bits per heavy atom. The van der Waals surface area contributed by atoms with Crippen molar-refractivity contribution in [2.45, 2.75) is 6.92 Å². The second-order valence-electron chi connectivity index (χ2n) is 5.99. The minimum absolute atomic E-state index is 0.159. The highest BCUT2D eigenvalue weighted by Gasteiger charge is 2.16. The van der Waals surface area contributed by atoms with Crippen molar-refractivity contribution in [3.8, 4) is 11.5 Å². The molecule has 0 radical (unpaired) electrons. The Morgan fingerprint density at radius 2 is 1.67 bits per heavy atom. The molecular formula is C20H16N2O4S. The Balaban J connectivity index is 1.47. The number of hydrogen-bond acceptors (Lipinski definition) is 5. The van der Waals surface area contributed by atoms with Crippen molar-refractivity contribution < 1.29 is 19.1 Å². The highest BCUT2D eigenvalue weighted by molar-refractivity contribution is 7.12. The largest absolute Gasteiger partial charge is 0.454 e. The number of carbonyl (C=O) groups excluding carboxylic acids is 2. The molecule has 0 saturated carbocycles. The van der Waals surface area contributed by atoms with Crippen LogP contribution in [0.2, 0.25) is 0 Å². The molecule has 1 aromatic heterocycles. The monoisotopic (exact) mass is 380 g/mol. The van der Waals surface area contributed by atoms with Gasteiger partial charge < -0.3 is 20.1 Å². The fraction of sp³-hybridized carbons (Fsp3) is 0.100. The van der Waals surface area contributed by atoms with Gasteiger partial charge in [-0.15, -0.1) is 11.3 Å². The molecule has 4 rings (SSSR count). The van der Waals surface area contributed by atoms with E-state index in [1.165, 1.54) is 11.3 Å². The first-order valence-corrected chi connectivity index (χ1v) is 9.14. The van der Waals surface area contributed by atoms with Crippen LogP contribution in [0.15, 0.2) is 53.9 Å². The van der Waals surface area contributed by atoms with Gasteiger partial charge in [-0.2, -0.15) is 0 Å². The predicted octanol–water partition coefficient (Wildman–Crippen LogP) is 4.29. The number of nitrogens with one attached hydrogen (secondary N) is 2. The summed E-state index contributed by atoms with van der Waals surface area (Å²) in [6.07, 6.45) is 0. The second kappa shape index (κ2) is 7.13. The minimum Gasteiger partial charge on any atom is -0.454 e. The maximum atomic E-state index is 12.5. The van der Waals surface area contributed by atoms with E-state index in [1.807, 2.05) is 18.4 Å². The zero-order valence-electron chi connectivity index (χ0n) is 14.4. The van der Waals surface area contributed by atoms with E-state index < -0.39 is 0 Å². The molecule has 7 heteroatoms. The van der Waals surface area contributed by atoms with Gasteiger partial charge in [-0.25, -0.2) is 0 Å². The molecule has 2 N–H and O–H groups in total. The first-order valence-electron chi connectivity index (χ1n) is 8.27. The Morgan fingerprint density at radius 3 is 2.41 bits per heavy atom. The molecule has 6 nitrogen and oxygen atoms in total. The van der Waals surface area contributed by atoms with Crippen LogP contribution in [0.3, 0.4) is 0 Å². The van der Waals surface area contributed by atoms with E-state index in [0.717, 1.165) is 5.56 Å². The van der Waals surface area contributed by atoms with E-state index >= 15 is 0 Å². The number of aryl methyl sites for hydroxylation is 1. The molecule has 136 valence electrons. The summed E-state index contributed by atoms with van der Waals surface area (Å²) < 4.78 is 10.5. The maximum absolute atomic E-state index is 12.5. The smallest absolute Gasteiger partial charge is 0.265 e. The molecule has 3 aromatic rings. The molecule has 0 aliphatic carbocycles. The summed E-state index contributed by atoms with van der Waals surface area (Å²) in [7, 11) is 0. The van der Waals surface area contributed by atoms with Gasteiger partial charge >= 0.3 is 0 Å². The number of amides is 2. The van der Waals surface area contributed by atoms with Crippen LogP contribution in [0.4, 0.5) is 11.4 Å². The summed E-state index contributed by atoms with van der Waals surface area (Å²) in [6, 6.07) is 13.9. The molecule has 0 fully saturated rings. The van der Waals surface area contributed by atoms with Crippen molar-refractivity contribution in [1.82, 2.24) is 0 Å². The quantitative estimate of drug-likeness (QED) is 0.708. The Hall–Kier alpha value is -3.32. The topological polar surface area (TPSA) is 76.7 Å². The average Bonchev–Trinajstić information content (AvgIpc) is 3.29. The molecule has 2 amide bonds. The molecule has 1 aliphatic rings. The van der Waals surface area contributed by atoms with Gasteiger partial charge in [0.25, 0.3) is 11.8 Å². The zero-order chi connectivity index (χ0) is 18.8. The Labute approximate surface area is 159 Å². The van der Waals surface area contributed by atoms with Crippen LogP contribution in [-0.4, -0.2) is 18.6 Å². The van der Waals surface area contributed by atoms with E-state index in [9.17, 15) is 9.59 Å². The second-order valence-corrected chi connectivity index (χ2v) is 6.91. The van der Waals surface area contributed by atoms with Gasteiger partial charge in [0, 0.05) is 16.9 Å². The third kappa shape index (κ3) is 3.63. The standard InChI is InChI=1S/C20H16N2O4S/c1-12-7-8-27-18(12)20(24)22-15-4-2-3-14(10-15)21-19(23)13-5-6-16-17(9-13)26-11-25-16/h2-10H,11H2,1H3,(H,21,23)(H,22,24). The van der Waals surface area contributed by atoms with Crippen molar-refractivity contribution >= 4 is 34.5 Å². The molecule has 0 unspecified atom stereocenters. The summed E-state index contributed by atoms with van der Waals surface area (Å²) in [6.45, 7) is 2.05. The number of anilines is 2. The normalized spacial score (nSPS) is 11.9. The lowest BCUT2D eigenvalue weighted by atomic mass is 10.2. The number of rotatable bonds is 4. The summed E-state index contributed by atoms with van der Waals surface area (Å²) in [5, 5.41) is 7.56. The van der Waals surface area contributed by atoms with Crippen molar-refractivity contribution in [1.29, 1.82) is 0 Å². The van der Waals surface area contributed by atoms with Crippen LogP contribution >= 0.6 is 11.3 Å². The number of benzene rings is 2. The van der Waals surface area contributed by atoms with Gasteiger partial charge in [-0.1, -0.05) is 6.07 Å². The van der Waals surface area contributed by atoms with Gasteiger partial charge in [0.05, 0.1) is 4.88 Å². The Bertz CT molecular complexity index is 1030. The third-order valence-electron chi connectivity index (χ3n) is 4.08.